The Morgan fingerprint density at radius 3 is 2.92 bits per heavy atom. The standard InChI is InChI=1S/C10H16BrNS/c1-2-12(7-4-6-11)9-10-5-3-8-13-10/h3,5,8H,2,4,6-7,9H2,1H3. The zero-order valence-corrected chi connectivity index (χ0v) is 10.4. The van der Waals surface area contributed by atoms with Gasteiger partial charge in [0.1, 0.15) is 0 Å². The quantitative estimate of drug-likeness (QED) is 0.710. The first-order valence-electron chi connectivity index (χ1n) is 4.67. The maximum atomic E-state index is 3.46. The number of nitrogens with zero attached hydrogens (tertiary/aromatic N) is 1. The third-order valence-electron chi connectivity index (χ3n) is 2.01. The maximum absolute atomic E-state index is 3.46. The smallest absolute Gasteiger partial charge is 0.0327 e. The summed E-state index contributed by atoms with van der Waals surface area (Å²) in [5.74, 6) is 0. The highest BCUT2D eigenvalue weighted by Gasteiger charge is 2.02. The Morgan fingerprint density at radius 2 is 2.38 bits per heavy atom. The van der Waals surface area contributed by atoms with Crippen LogP contribution < -0.4 is 0 Å². The van der Waals surface area contributed by atoms with Gasteiger partial charge in [0.2, 0.25) is 0 Å². The Hall–Kier alpha value is 0.140. The van der Waals surface area contributed by atoms with Gasteiger partial charge >= 0.3 is 0 Å². The molecule has 1 heterocycles. The molecular formula is C10H16BrNS. The van der Waals surface area contributed by atoms with Crippen molar-refractivity contribution in [1.29, 1.82) is 0 Å². The lowest BCUT2D eigenvalue weighted by molar-refractivity contribution is 0.284. The molecule has 0 aliphatic heterocycles. The normalized spacial score (nSPS) is 11.0. The van der Waals surface area contributed by atoms with Crippen molar-refractivity contribution in [3.05, 3.63) is 22.4 Å². The third-order valence-corrected chi connectivity index (χ3v) is 3.44. The van der Waals surface area contributed by atoms with Crippen LogP contribution in [-0.4, -0.2) is 23.3 Å². The van der Waals surface area contributed by atoms with E-state index in [4.69, 9.17) is 0 Å². The second-order valence-electron chi connectivity index (χ2n) is 2.99. The van der Waals surface area contributed by atoms with E-state index in [1.807, 2.05) is 11.3 Å². The lowest BCUT2D eigenvalue weighted by atomic mass is 10.3. The molecule has 0 bridgehead atoms. The molecule has 0 aliphatic carbocycles. The predicted octanol–water partition coefficient (Wildman–Crippen LogP) is 3.36. The Bertz CT molecular complexity index is 211. The minimum absolute atomic E-state index is 1.11. The van der Waals surface area contributed by atoms with E-state index >= 15 is 0 Å². The molecular weight excluding hydrogens is 246 g/mol. The van der Waals surface area contributed by atoms with Crippen LogP contribution in [0.5, 0.6) is 0 Å². The largest absolute Gasteiger partial charge is 0.299 e. The Balaban J connectivity index is 2.31. The fraction of sp³-hybridized carbons (Fsp3) is 0.600. The molecule has 13 heavy (non-hydrogen) atoms. The van der Waals surface area contributed by atoms with Gasteiger partial charge in [0, 0.05) is 16.8 Å². The second-order valence-corrected chi connectivity index (χ2v) is 4.82. The minimum atomic E-state index is 1.11. The van der Waals surface area contributed by atoms with Crippen molar-refractivity contribution in [3.8, 4) is 0 Å². The summed E-state index contributed by atoms with van der Waals surface area (Å²) in [6.07, 6.45) is 1.24. The molecule has 1 rings (SSSR count). The molecule has 0 fully saturated rings. The predicted molar refractivity (Wildman–Crippen MR) is 63.7 cm³/mol. The first-order valence-corrected chi connectivity index (χ1v) is 6.67. The van der Waals surface area contributed by atoms with Gasteiger partial charge in [-0.25, -0.2) is 0 Å². The van der Waals surface area contributed by atoms with Crippen molar-refractivity contribution in [2.75, 3.05) is 18.4 Å². The van der Waals surface area contributed by atoms with E-state index in [0.29, 0.717) is 0 Å². The van der Waals surface area contributed by atoms with Crippen LogP contribution in [0.2, 0.25) is 0 Å². The molecule has 0 atom stereocenters. The summed E-state index contributed by atoms with van der Waals surface area (Å²) in [5, 5.41) is 3.25. The van der Waals surface area contributed by atoms with Crippen molar-refractivity contribution >= 4 is 27.3 Å². The molecule has 0 unspecified atom stereocenters. The van der Waals surface area contributed by atoms with Gasteiger partial charge in [-0.15, -0.1) is 11.3 Å². The SMILES string of the molecule is CCN(CCCBr)Cc1cccs1. The van der Waals surface area contributed by atoms with Crippen LogP contribution in [0.3, 0.4) is 0 Å². The van der Waals surface area contributed by atoms with Crippen molar-refractivity contribution in [2.45, 2.75) is 19.9 Å². The van der Waals surface area contributed by atoms with Crippen LogP contribution in [0.4, 0.5) is 0 Å². The Kier molecular flexibility index (Phi) is 5.67. The highest BCUT2D eigenvalue weighted by Crippen LogP contribution is 2.11. The van der Waals surface area contributed by atoms with E-state index in [1.165, 1.54) is 17.8 Å². The summed E-state index contributed by atoms with van der Waals surface area (Å²) in [4.78, 5) is 3.95. The van der Waals surface area contributed by atoms with Gasteiger partial charge < -0.3 is 0 Å². The lowest BCUT2D eigenvalue weighted by Gasteiger charge is -2.18. The number of hydrogen-bond donors (Lipinski definition) is 0. The summed E-state index contributed by atoms with van der Waals surface area (Å²) in [7, 11) is 0. The number of alkyl halides is 1. The Morgan fingerprint density at radius 1 is 1.54 bits per heavy atom. The number of rotatable bonds is 6. The molecule has 1 nitrogen and oxygen atoms in total. The number of halogens is 1. The molecule has 74 valence electrons. The van der Waals surface area contributed by atoms with Crippen LogP contribution in [0.25, 0.3) is 0 Å². The summed E-state index contributed by atoms with van der Waals surface area (Å²) >= 11 is 5.31. The van der Waals surface area contributed by atoms with E-state index < -0.39 is 0 Å². The van der Waals surface area contributed by atoms with Gasteiger partial charge in [0.05, 0.1) is 0 Å². The molecule has 1 aromatic rings. The molecule has 0 amide bonds. The Labute approximate surface area is 92.9 Å². The molecule has 0 aliphatic rings. The fourth-order valence-electron chi connectivity index (χ4n) is 1.26. The van der Waals surface area contributed by atoms with Gasteiger partial charge in [0.15, 0.2) is 0 Å². The van der Waals surface area contributed by atoms with Gasteiger partial charge in [-0.05, 0) is 31.0 Å². The molecule has 3 heteroatoms. The van der Waals surface area contributed by atoms with Gasteiger partial charge in [-0.2, -0.15) is 0 Å². The topological polar surface area (TPSA) is 3.24 Å². The highest BCUT2D eigenvalue weighted by atomic mass is 79.9. The molecule has 0 radical (unpaired) electrons. The van der Waals surface area contributed by atoms with Crippen molar-refractivity contribution in [1.82, 2.24) is 4.90 Å². The van der Waals surface area contributed by atoms with Gasteiger partial charge in [0.25, 0.3) is 0 Å². The van der Waals surface area contributed by atoms with Crippen LogP contribution >= 0.6 is 27.3 Å². The van der Waals surface area contributed by atoms with Crippen molar-refractivity contribution < 1.29 is 0 Å². The number of hydrogen-bond acceptors (Lipinski definition) is 2. The third kappa shape index (κ3) is 4.25. The summed E-state index contributed by atoms with van der Waals surface area (Å²) in [6.45, 7) is 5.67. The van der Waals surface area contributed by atoms with Crippen LogP contribution in [0, 0.1) is 0 Å². The summed E-state index contributed by atoms with van der Waals surface area (Å²) in [6, 6.07) is 4.33. The molecule has 0 spiro atoms. The summed E-state index contributed by atoms with van der Waals surface area (Å²) in [5.41, 5.74) is 0. The van der Waals surface area contributed by atoms with E-state index in [1.54, 1.807) is 0 Å². The van der Waals surface area contributed by atoms with E-state index in [2.05, 4.69) is 45.3 Å². The number of thiophene rings is 1. The molecule has 0 saturated heterocycles. The first-order chi connectivity index (χ1) is 6.36. The lowest BCUT2D eigenvalue weighted by Crippen LogP contribution is -2.23. The highest BCUT2D eigenvalue weighted by molar-refractivity contribution is 9.09. The zero-order chi connectivity index (χ0) is 9.52. The van der Waals surface area contributed by atoms with Crippen molar-refractivity contribution in [2.24, 2.45) is 0 Å². The average molecular weight is 262 g/mol. The summed E-state index contributed by atoms with van der Waals surface area (Å²) < 4.78 is 0. The monoisotopic (exact) mass is 261 g/mol. The van der Waals surface area contributed by atoms with Crippen LogP contribution in [0.15, 0.2) is 17.5 Å². The minimum Gasteiger partial charge on any atom is -0.299 e. The van der Waals surface area contributed by atoms with E-state index in [-0.39, 0.29) is 0 Å². The van der Waals surface area contributed by atoms with Crippen LogP contribution in [-0.2, 0) is 6.54 Å². The fourth-order valence-corrected chi connectivity index (χ4v) is 2.25. The van der Waals surface area contributed by atoms with Gasteiger partial charge in [-0.3, -0.25) is 4.90 Å². The molecule has 0 N–H and O–H groups in total. The van der Waals surface area contributed by atoms with Gasteiger partial charge in [-0.1, -0.05) is 28.9 Å². The van der Waals surface area contributed by atoms with E-state index in [9.17, 15) is 0 Å². The van der Waals surface area contributed by atoms with Crippen LogP contribution in [0.1, 0.15) is 18.2 Å². The average Bonchev–Trinajstić information content (AvgIpc) is 2.64. The first kappa shape index (κ1) is 11.2. The second kappa shape index (κ2) is 6.57. The molecule has 0 saturated carbocycles. The molecule has 1 aromatic heterocycles. The van der Waals surface area contributed by atoms with Crippen molar-refractivity contribution in [3.63, 3.8) is 0 Å². The molecule has 0 aromatic carbocycles. The van der Waals surface area contributed by atoms with E-state index in [0.717, 1.165) is 18.4 Å². The zero-order valence-electron chi connectivity index (χ0n) is 8.00. The maximum Gasteiger partial charge on any atom is 0.0327 e.